The van der Waals surface area contributed by atoms with Crippen LogP contribution in [0.5, 0.6) is 0 Å². The number of nitrogens with two attached hydrogens (primary N) is 1. The number of halogens is 1. The first kappa shape index (κ1) is 15.6. The minimum absolute atomic E-state index is 0.0601. The number of amides is 1. The monoisotopic (exact) mass is 288 g/mol. The largest absolute Gasteiger partial charge is 0.351 e. The van der Waals surface area contributed by atoms with Crippen LogP contribution in [0.3, 0.4) is 0 Å². The van der Waals surface area contributed by atoms with Crippen LogP contribution < -0.4 is 11.1 Å². The van der Waals surface area contributed by atoms with Crippen LogP contribution in [0.25, 0.3) is 0 Å². The van der Waals surface area contributed by atoms with Gasteiger partial charge < -0.3 is 11.1 Å². The predicted molar refractivity (Wildman–Crippen MR) is 70.4 cm³/mol. The van der Waals surface area contributed by atoms with Crippen LogP contribution in [-0.4, -0.2) is 25.8 Å². The van der Waals surface area contributed by atoms with Crippen LogP contribution in [0, 0.1) is 5.82 Å². The third-order valence-electron chi connectivity index (χ3n) is 2.82. The van der Waals surface area contributed by atoms with Crippen molar-refractivity contribution >= 4 is 15.7 Å². The highest BCUT2D eigenvalue weighted by molar-refractivity contribution is 7.92. The average Bonchev–Trinajstić information content (AvgIpc) is 2.34. The maximum absolute atomic E-state index is 13.6. The first-order chi connectivity index (χ1) is 8.75. The van der Waals surface area contributed by atoms with E-state index in [4.69, 9.17) is 5.73 Å². The number of hydrogen-bond acceptors (Lipinski definition) is 4. The Hall–Kier alpha value is -1.47. The van der Waals surface area contributed by atoms with Gasteiger partial charge in [0.1, 0.15) is 11.1 Å². The molecule has 0 aliphatic rings. The molecule has 1 unspecified atom stereocenters. The molecule has 1 amide bonds. The van der Waals surface area contributed by atoms with Gasteiger partial charge in [0, 0.05) is 24.9 Å². The van der Waals surface area contributed by atoms with Crippen molar-refractivity contribution in [2.75, 3.05) is 6.26 Å². The molecule has 1 rings (SSSR count). The van der Waals surface area contributed by atoms with E-state index in [2.05, 4.69) is 5.32 Å². The molecule has 5 nitrogen and oxygen atoms in total. The minimum Gasteiger partial charge on any atom is -0.351 e. The Bertz CT molecular complexity index is 572. The Morgan fingerprint density at radius 3 is 2.58 bits per heavy atom. The zero-order valence-electron chi connectivity index (χ0n) is 10.8. The van der Waals surface area contributed by atoms with Crippen molar-refractivity contribution in [2.24, 2.45) is 5.73 Å². The molecular formula is C12H17FN2O3S. The van der Waals surface area contributed by atoms with Crippen molar-refractivity contribution < 1.29 is 17.6 Å². The molecule has 0 saturated heterocycles. The summed E-state index contributed by atoms with van der Waals surface area (Å²) in [5.74, 6) is -1.12. The second-order valence-corrected chi connectivity index (χ2v) is 6.69. The number of carbonyl (C=O) groups excluding carboxylic acids is 1. The van der Waals surface area contributed by atoms with Crippen molar-refractivity contribution in [3.8, 4) is 0 Å². The molecule has 1 atom stereocenters. The van der Waals surface area contributed by atoms with Crippen LogP contribution in [0.2, 0.25) is 0 Å². The number of sulfone groups is 1. The second kappa shape index (κ2) is 6.12. The van der Waals surface area contributed by atoms with E-state index in [1.165, 1.54) is 19.1 Å². The van der Waals surface area contributed by atoms with E-state index in [1.807, 2.05) is 0 Å². The molecule has 0 aromatic heterocycles. The molecule has 1 aromatic carbocycles. The summed E-state index contributed by atoms with van der Waals surface area (Å²) in [6, 6.07) is 4.47. The van der Waals surface area contributed by atoms with E-state index in [1.54, 1.807) is 6.07 Å². The van der Waals surface area contributed by atoms with Gasteiger partial charge in [0.25, 0.3) is 0 Å². The van der Waals surface area contributed by atoms with Crippen molar-refractivity contribution in [1.82, 2.24) is 5.32 Å². The quantitative estimate of drug-likeness (QED) is 0.817. The van der Waals surface area contributed by atoms with Crippen LogP contribution in [0.15, 0.2) is 18.2 Å². The summed E-state index contributed by atoms with van der Waals surface area (Å²) in [6.45, 7) is 1.46. The molecule has 7 heteroatoms. The van der Waals surface area contributed by atoms with E-state index < -0.39 is 26.8 Å². The number of rotatable bonds is 5. The number of nitrogens with one attached hydrogen (secondary N) is 1. The van der Waals surface area contributed by atoms with Crippen LogP contribution in [0.4, 0.5) is 4.39 Å². The second-order valence-electron chi connectivity index (χ2n) is 4.32. The molecule has 0 heterocycles. The molecule has 0 radical (unpaired) electrons. The first-order valence-electron chi connectivity index (χ1n) is 5.69. The zero-order chi connectivity index (χ0) is 14.6. The van der Waals surface area contributed by atoms with Crippen LogP contribution in [0.1, 0.15) is 18.1 Å². The fourth-order valence-electron chi connectivity index (χ4n) is 1.38. The van der Waals surface area contributed by atoms with E-state index in [9.17, 15) is 17.6 Å². The zero-order valence-corrected chi connectivity index (χ0v) is 11.6. The third kappa shape index (κ3) is 4.29. The molecule has 1 aromatic rings. The molecule has 0 aliphatic heterocycles. The lowest BCUT2D eigenvalue weighted by Gasteiger charge is -2.11. The molecule has 0 bridgehead atoms. The Kier molecular flexibility index (Phi) is 5.02. The van der Waals surface area contributed by atoms with E-state index in [0.717, 1.165) is 6.26 Å². The van der Waals surface area contributed by atoms with Gasteiger partial charge in [-0.1, -0.05) is 12.1 Å². The van der Waals surface area contributed by atoms with Crippen LogP contribution in [-0.2, 0) is 27.7 Å². The maximum atomic E-state index is 13.6. The summed E-state index contributed by atoms with van der Waals surface area (Å²) >= 11 is 0. The van der Waals surface area contributed by atoms with Gasteiger partial charge in [-0.2, -0.15) is 0 Å². The van der Waals surface area contributed by atoms with Crippen molar-refractivity contribution in [3.63, 3.8) is 0 Å². The number of hydrogen-bond donors (Lipinski definition) is 2. The van der Waals surface area contributed by atoms with Crippen LogP contribution >= 0.6 is 0 Å². The fraction of sp³-hybridized carbons (Fsp3) is 0.417. The van der Waals surface area contributed by atoms with Crippen molar-refractivity contribution in [2.45, 2.75) is 25.3 Å². The summed E-state index contributed by atoms with van der Waals surface area (Å²) in [5.41, 5.74) is 6.31. The highest BCUT2D eigenvalue weighted by atomic mass is 32.2. The lowest BCUT2D eigenvalue weighted by Crippen LogP contribution is -2.37. The molecule has 3 N–H and O–H groups in total. The number of benzene rings is 1. The Morgan fingerprint density at radius 1 is 1.47 bits per heavy atom. The van der Waals surface area contributed by atoms with Gasteiger partial charge in [-0.3, -0.25) is 4.79 Å². The minimum atomic E-state index is -3.45. The average molecular weight is 288 g/mol. The van der Waals surface area contributed by atoms with E-state index in [0.29, 0.717) is 5.56 Å². The van der Waals surface area contributed by atoms with Gasteiger partial charge in [-0.05, 0) is 18.6 Å². The summed E-state index contributed by atoms with van der Waals surface area (Å²) in [4.78, 5) is 11.6. The lowest BCUT2D eigenvalue weighted by molar-refractivity contribution is -0.120. The molecule has 0 aliphatic carbocycles. The van der Waals surface area contributed by atoms with Gasteiger partial charge in [0.2, 0.25) is 5.91 Å². The Balaban J connectivity index is 2.70. The van der Waals surface area contributed by atoms with E-state index in [-0.39, 0.29) is 18.7 Å². The normalized spacial score (nSPS) is 13.1. The van der Waals surface area contributed by atoms with Gasteiger partial charge in [0.15, 0.2) is 9.84 Å². The topological polar surface area (TPSA) is 89.3 Å². The highest BCUT2D eigenvalue weighted by Gasteiger charge is 2.23. The summed E-state index contributed by atoms with van der Waals surface area (Å²) in [6.07, 6.45) is 0.980. The van der Waals surface area contributed by atoms with Gasteiger partial charge in [-0.25, -0.2) is 12.8 Å². The molecule has 0 saturated carbocycles. The van der Waals surface area contributed by atoms with E-state index >= 15 is 0 Å². The smallest absolute Gasteiger partial charge is 0.238 e. The van der Waals surface area contributed by atoms with Crippen molar-refractivity contribution in [1.29, 1.82) is 0 Å². The Labute approximate surface area is 111 Å². The SMILES string of the molecule is CC(C(=O)NCc1ccc(CN)cc1F)S(C)(=O)=O. The number of carbonyl (C=O) groups is 1. The Morgan fingerprint density at radius 2 is 2.11 bits per heavy atom. The van der Waals surface area contributed by atoms with Gasteiger partial charge in [-0.15, -0.1) is 0 Å². The predicted octanol–water partition coefficient (Wildman–Crippen LogP) is 0.334. The fourth-order valence-corrected chi connectivity index (χ4v) is 1.85. The standard InChI is InChI=1S/C12H17FN2O3S/c1-8(19(2,17)18)12(16)15-7-10-4-3-9(6-14)5-11(10)13/h3-5,8H,6-7,14H2,1-2H3,(H,15,16). The molecular weight excluding hydrogens is 271 g/mol. The molecule has 0 spiro atoms. The molecule has 19 heavy (non-hydrogen) atoms. The summed E-state index contributed by atoms with van der Waals surface area (Å²) in [7, 11) is -3.45. The third-order valence-corrected chi connectivity index (χ3v) is 4.32. The van der Waals surface area contributed by atoms with Gasteiger partial charge >= 0.3 is 0 Å². The van der Waals surface area contributed by atoms with Crippen molar-refractivity contribution in [3.05, 3.63) is 35.1 Å². The van der Waals surface area contributed by atoms with Gasteiger partial charge in [0.05, 0.1) is 0 Å². The lowest BCUT2D eigenvalue weighted by atomic mass is 10.1. The maximum Gasteiger partial charge on any atom is 0.238 e. The summed E-state index contributed by atoms with van der Waals surface area (Å²) in [5, 5.41) is 1.24. The first-order valence-corrected chi connectivity index (χ1v) is 7.65. The molecule has 106 valence electrons. The molecule has 0 fully saturated rings. The summed E-state index contributed by atoms with van der Waals surface area (Å²) < 4.78 is 36.0. The highest BCUT2D eigenvalue weighted by Crippen LogP contribution is 2.10.